The zero-order valence-electron chi connectivity index (χ0n) is 37.1. The maximum absolute atomic E-state index is 13.2. The van der Waals surface area contributed by atoms with E-state index >= 15 is 0 Å². The lowest BCUT2D eigenvalue weighted by Crippen LogP contribution is -2.43. The number of likely N-dealkylation sites (N-methyl/N-ethyl adjacent to an activating group) is 1. The van der Waals surface area contributed by atoms with Crippen LogP contribution in [0.15, 0.2) is 130 Å². The van der Waals surface area contributed by atoms with E-state index in [9.17, 15) is 19.2 Å². The Kier molecular flexibility index (Phi) is 18.0. The van der Waals surface area contributed by atoms with Crippen LogP contribution in [0.5, 0.6) is 0 Å². The quantitative estimate of drug-likeness (QED) is 0.118. The Morgan fingerprint density at radius 1 is 0.724 bits per heavy atom. The van der Waals surface area contributed by atoms with Gasteiger partial charge in [0.1, 0.15) is 12.1 Å². The van der Waals surface area contributed by atoms with Crippen molar-refractivity contribution >= 4 is 23.5 Å². The van der Waals surface area contributed by atoms with Gasteiger partial charge < -0.3 is 20.1 Å². The minimum absolute atomic E-state index is 0.113. The summed E-state index contributed by atoms with van der Waals surface area (Å²) < 4.78 is 11.3. The summed E-state index contributed by atoms with van der Waals surface area (Å²) in [5.74, 6) is -0.973. The predicted molar refractivity (Wildman–Crippen MR) is 237 cm³/mol. The third kappa shape index (κ3) is 14.0. The highest BCUT2D eigenvalue weighted by Gasteiger charge is 2.42. The molecule has 3 aliphatic rings. The summed E-state index contributed by atoms with van der Waals surface area (Å²) in [7, 11) is 0. The summed E-state index contributed by atoms with van der Waals surface area (Å²) in [5.41, 5.74) is 6.88. The average molecular weight is 793 g/mol. The molecule has 3 rings (SSSR count). The first-order valence-electron chi connectivity index (χ1n) is 20.7. The molecule has 0 aromatic rings. The molecule has 0 saturated carbocycles. The van der Waals surface area contributed by atoms with E-state index in [4.69, 9.17) is 9.47 Å². The van der Waals surface area contributed by atoms with Gasteiger partial charge in [0, 0.05) is 12.8 Å². The number of allylic oxidation sites excluding steroid dienone is 20. The van der Waals surface area contributed by atoms with Crippen molar-refractivity contribution in [1.82, 2.24) is 10.6 Å². The first kappa shape index (κ1) is 47.7. The molecule has 4 unspecified atom stereocenters. The SMILES string of the molecule is CCNC(C)C(=O)OC1CC(C)(C)C(/C=C/C(C)=C/C=C/C(C)=C/C=C/C=C(C)/C=C/C=C(C)/C=C/C2=C(C)C(=O)C(OC(=O)C3CCCN3)CC2(C)C)=C(C)C1=O. The highest BCUT2D eigenvalue weighted by molar-refractivity contribution is 6.02. The molecule has 8 heteroatoms. The number of carbonyl (C=O) groups excluding carboxylic acids is 4. The summed E-state index contributed by atoms with van der Waals surface area (Å²) in [6.07, 6.45) is 29.5. The van der Waals surface area contributed by atoms with Crippen LogP contribution in [0.2, 0.25) is 0 Å². The van der Waals surface area contributed by atoms with Crippen LogP contribution in [0.25, 0.3) is 0 Å². The molecule has 0 aromatic carbocycles. The van der Waals surface area contributed by atoms with Crippen molar-refractivity contribution in [2.24, 2.45) is 10.8 Å². The first-order chi connectivity index (χ1) is 27.3. The minimum Gasteiger partial charge on any atom is -0.453 e. The van der Waals surface area contributed by atoms with E-state index in [0.29, 0.717) is 30.5 Å². The van der Waals surface area contributed by atoms with Crippen LogP contribution < -0.4 is 10.6 Å². The van der Waals surface area contributed by atoms with Gasteiger partial charge in [-0.2, -0.15) is 0 Å². The molecule has 4 atom stereocenters. The fourth-order valence-corrected chi connectivity index (χ4v) is 7.50. The zero-order chi connectivity index (χ0) is 43.2. The number of nitrogens with one attached hydrogen (secondary N) is 2. The van der Waals surface area contributed by atoms with E-state index in [1.165, 1.54) is 0 Å². The van der Waals surface area contributed by atoms with E-state index in [1.54, 1.807) is 6.92 Å². The van der Waals surface area contributed by atoms with E-state index in [1.807, 2.05) is 102 Å². The van der Waals surface area contributed by atoms with Crippen LogP contribution in [0, 0.1) is 10.8 Å². The molecule has 314 valence electrons. The highest BCUT2D eigenvalue weighted by Crippen LogP contribution is 2.42. The lowest BCUT2D eigenvalue weighted by Gasteiger charge is -2.36. The van der Waals surface area contributed by atoms with Crippen LogP contribution in [0.1, 0.15) is 109 Å². The number of ketones is 2. The first-order valence-corrected chi connectivity index (χ1v) is 20.7. The van der Waals surface area contributed by atoms with Crippen molar-refractivity contribution in [2.75, 3.05) is 13.1 Å². The average Bonchev–Trinajstić information content (AvgIpc) is 3.70. The second-order valence-electron chi connectivity index (χ2n) is 17.2. The van der Waals surface area contributed by atoms with Crippen LogP contribution in [-0.4, -0.2) is 60.9 Å². The number of hydrogen-bond donors (Lipinski definition) is 2. The van der Waals surface area contributed by atoms with Gasteiger partial charge in [-0.05, 0) is 108 Å². The number of hydrogen-bond acceptors (Lipinski definition) is 8. The number of esters is 2. The second kappa shape index (κ2) is 21.9. The van der Waals surface area contributed by atoms with Crippen LogP contribution in [0.4, 0.5) is 0 Å². The summed E-state index contributed by atoms with van der Waals surface area (Å²) >= 11 is 0. The largest absolute Gasteiger partial charge is 0.453 e. The third-order valence-corrected chi connectivity index (χ3v) is 11.0. The van der Waals surface area contributed by atoms with Gasteiger partial charge in [-0.3, -0.25) is 19.2 Å². The Morgan fingerprint density at radius 3 is 1.59 bits per heavy atom. The van der Waals surface area contributed by atoms with Gasteiger partial charge in [-0.1, -0.05) is 142 Å². The van der Waals surface area contributed by atoms with Gasteiger partial charge in [0.25, 0.3) is 0 Å². The van der Waals surface area contributed by atoms with Gasteiger partial charge in [-0.15, -0.1) is 0 Å². The fourth-order valence-electron chi connectivity index (χ4n) is 7.50. The van der Waals surface area contributed by atoms with Gasteiger partial charge in [0.15, 0.2) is 23.8 Å². The van der Waals surface area contributed by atoms with Crippen LogP contribution >= 0.6 is 0 Å². The summed E-state index contributed by atoms with van der Waals surface area (Å²) in [6, 6.07) is -0.770. The summed E-state index contributed by atoms with van der Waals surface area (Å²) in [5, 5.41) is 6.20. The zero-order valence-corrected chi connectivity index (χ0v) is 37.1. The van der Waals surface area contributed by atoms with Crippen molar-refractivity contribution < 1.29 is 28.7 Å². The van der Waals surface area contributed by atoms with Gasteiger partial charge in [0.2, 0.25) is 0 Å². The van der Waals surface area contributed by atoms with Crippen molar-refractivity contribution in [1.29, 1.82) is 0 Å². The topological polar surface area (TPSA) is 111 Å². The third-order valence-electron chi connectivity index (χ3n) is 11.0. The Hall–Kier alpha value is -4.66. The Labute approximate surface area is 348 Å². The minimum atomic E-state index is -0.770. The monoisotopic (exact) mass is 793 g/mol. The van der Waals surface area contributed by atoms with E-state index < -0.39 is 24.2 Å². The Balaban J connectivity index is 1.54. The van der Waals surface area contributed by atoms with Gasteiger partial charge in [0.05, 0.1) is 0 Å². The molecule has 2 aliphatic carbocycles. The lowest BCUT2D eigenvalue weighted by molar-refractivity contribution is -0.158. The lowest BCUT2D eigenvalue weighted by atomic mass is 9.71. The maximum Gasteiger partial charge on any atom is 0.323 e. The molecule has 0 spiro atoms. The van der Waals surface area contributed by atoms with Gasteiger partial charge in [-0.25, -0.2) is 0 Å². The smallest absolute Gasteiger partial charge is 0.323 e. The summed E-state index contributed by atoms with van der Waals surface area (Å²) in [4.78, 5) is 51.4. The highest BCUT2D eigenvalue weighted by atomic mass is 16.6. The van der Waals surface area contributed by atoms with Crippen molar-refractivity contribution in [3.63, 3.8) is 0 Å². The molecule has 0 amide bonds. The molecular formula is C50H68N2O6. The number of carbonyl (C=O) groups is 4. The van der Waals surface area contributed by atoms with Gasteiger partial charge >= 0.3 is 11.9 Å². The molecule has 1 heterocycles. The second-order valence-corrected chi connectivity index (χ2v) is 17.2. The fraction of sp³-hybridized carbons (Fsp3) is 0.480. The molecule has 8 nitrogen and oxygen atoms in total. The molecule has 0 radical (unpaired) electrons. The molecule has 1 saturated heterocycles. The molecule has 1 fully saturated rings. The van der Waals surface area contributed by atoms with Crippen LogP contribution in [-0.2, 0) is 28.7 Å². The Morgan fingerprint density at radius 2 is 1.16 bits per heavy atom. The normalized spacial score (nSPS) is 24.4. The standard InChI is InChI=1S/C50H68N2O6/c1-13-51-39(8)47(55)57-43-31-49(9,10)40(37(6)45(43)53)28-26-35(4)23-16-21-33(2)19-14-15-20-34(3)22-17-24-36(5)27-29-41-38(7)46(54)44(32-50(41,11)12)58-48(56)42-25-18-30-52-42/h14-17,19-24,26-29,39,42-44,51-52H,13,18,25,30-32H2,1-12H3/b15-14+,21-16+,22-17+,28-26+,29-27+,33-19+,34-20+,35-23+,36-24+. The Bertz CT molecular complexity index is 1890. The van der Waals surface area contributed by atoms with Crippen molar-refractivity contribution in [3.05, 3.63) is 130 Å². The number of ether oxygens (including phenoxy) is 2. The van der Waals surface area contributed by atoms with E-state index in [-0.39, 0.29) is 34.4 Å². The van der Waals surface area contributed by atoms with E-state index in [0.717, 1.165) is 52.8 Å². The molecule has 0 aromatic heterocycles. The number of Topliss-reactive ketones (excluding diaryl/α,β-unsaturated/α-hetero) is 2. The van der Waals surface area contributed by atoms with Crippen molar-refractivity contribution in [2.45, 2.75) is 133 Å². The van der Waals surface area contributed by atoms with Crippen LogP contribution in [0.3, 0.4) is 0 Å². The molecular weight excluding hydrogens is 725 g/mol. The van der Waals surface area contributed by atoms with Crippen molar-refractivity contribution in [3.8, 4) is 0 Å². The molecule has 2 N–H and O–H groups in total. The van der Waals surface area contributed by atoms with E-state index in [2.05, 4.69) is 69.6 Å². The summed E-state index contributed by atoms with van der Waals surface area (Å²) in [6.45, 7) is 25.3. The molecule has 0 bridgehead atoms. The predicted octanol–water partition coefficient (Wildman–Crippen LogP) is 9.76. The molecule has 58 heavy (non-hydrogen) atoms. The maximum atomic E-state index is 13.2. The molecule has 1 aliphatic heterocycles. The number of rotatable bonds is 16.